The lowest BCUT2D eigenvalue weighted by molar-refractivity contribution is 0.102. The number of carbonyl (C=O) groups excluding carboxylic acids is 1. The summed E-state index contributed by atoms with van der Waals surface area (Å²) in [5.41, 5.74) is 1.52. The molecule has 0 aliphatic carbocycles. The van der Waals surface area contributed by atoms with Crippen LogP contribution in [0.1, 0.15) is 16.2 Å². The highest BCUT2D eigenvalue weighted by Crippen LogP contribution is 2.25. The first-order valence-corrected chi connectivity index (χ1v) is 11.2. The summed E-state index contributed by atoms with van der Waals surface area (Å²) in [6.07, 6.45) is 0. The molecule has 0 saturated heterocycles. The Bertz CT molecular complexity index is 1180. The number of hydrogen-bond donors (Lipinski definition) is 0. The van der Waals surface area contributed by atoms with E-state index in [9.17, 15) is 4.79 Å². The molecule has 162 valence electrons. The summed E-state index contributed by atoms with van der Waals surface area (Å²) in [6.45, 7) is 0.219. The van der Waals surface area contributed by atoms with E-state index < -0.39 is 0 Å². The van der Waals surface area contributed by atoms with E-state index in [1.165, 1.54) is 11.8 Å². The first-order chi connectivity index (χ1) is 15.6. The van der Waals surface area contributed by atoms with Crippen molar-refractivity contribution in [3.8, 4) is 17.2 Å². The van der Waals surface area contributed by atoms with Gasteiger partial charge in [-0.05, 0) is 60.7 Å². The number of thioether (sulfide) groups is 1. The van der Waals surface area contributed by atoms with Gasteiger partial charge >= 0.3 is 0 Å². The molecule has 6 nitrogen and oxygen atoms in total. The van der Waals surface area contributed by atoms with E-state index >= 15 is 0 Å². The second-order valence-corrected chi connectivity index (χ2v) is 8.13. The molecular weight excluding hydrogens is 446 g/mol. The van der Waals surface area contributed by atoms with Crippen LogP contribution in [0.4, 0.5) is 0 Å². The summed E-state index contributed by atoms with van der Waals surface area (Å²) in [5, 5.41) is 9.89. The molecule has 0 atom stereocenters. The molecular formula is C24H20ClN3O3S. The van der Waals surface area contributed by atoms with Gasteiger partial charge in [0.2, 0.25) is 0 Å². The van der Waals surface area contributed by atoms with Gasteiger partial charge < -0.3 is 9.47 Å². The summed E-state index contributed by atoms with van der Waals surface area (Å²) in [7, 11) is 1.59. The smallest absolute Gasteiger partial charge is 0.196 e. The van der Waals surface area contributed by atoms with E-state index in [-0.39, 0.29) is 18.1 Å². The minimum Gasteiger partial charge on any atom is -0.497 e. The predicted octanol–water partition coefficient (Wildman–Crippen LogP) is 5.48. The van der Waals surface area contributed by atoms with Crippen LogP contribution in [0.15, 0.2) is 84.0 Å². The fourth-order valence-electron chi connectivity index (χ4n) is 2.99. The summed E-state index contributed by atoms with van der Waals surface area (Å²) in [4.78, 5) is 12.7. The highest BCUT2D eigenvalue weighted by Gasteiger charge is 2.17. The van der Waals surface area contributed by atoms with Gasteiger partial charge in [0.25, 0.3) is 0 Å². The van der Waals surface area contributed by atoms with Gasteiger partial charge in [0.15, 0.2) is 16.8 Å². The second kappa shape index (κ2) is 10.3. The van der Waals surface area contributed by atoms with Crippen molar-refractivity contribution in [2.24, 2.45) is 0 Å². The molecule has 0 bridgehead atoms. The van der Waals surface area contributed by atoms with Crippen molar-refractivity contribution in [1.29, 1.82) is 0 Å². The Labute approximate surface area is 195 Å². The van der Waals surface area contributed by atoms with Gasteiger partial charge in [0, 0.05) is 16.3 Å². The molecule has 0 aliphatic rings. The Kier molecular flexibility index (Phi) is 7.09. The van der Waals surface area contributed by atoms with Gasteiger partial charge in [-0.3, -0.25) is 9.36 Å². The lowest BCUT2D eigenvalue weighted by Crippen LogP contribution is -2.08. The maximum Gasteiger partial charge on any atom is 0.196 e. The molecule has 3 aromatic carbocycles. The van der Waals surface area contributed by atoms with Crippen molar-refractivity contribution >= 4 is 29.1 Å². The van der Waals surface area contributed by atoms with E-state index in [2.05, 4.69) is 10.2 Å². The fraction of sp³-hybridized carbons (Fsp3) is 0.125. The monoisotopic (exact) mass is 465 g/mol. The quantitative estimate of drug-likeness (QED) is 0.241. The number of ether oxygens (including phenoxy) is 2. The van der Waals surface area contributed by atoms with Gasteiger partial charge in [-0.2, -0.15) is 0 Å². The van der Waals surface area contributed by atoms with Crippen molar-refractivity contribution in [3.63, 3.8) is 0 Å². The van der Waals surface area contributed by atoms with Crippen LogP contribution in [0.5, 0.6) is 11.5 Å². The van der Waals surface area contributed by atoms with Gasteiger partial charge in [-0.15, -0.1) is 10.2 Å². The summed E-state index contributed by atoms with van der Waals surface area (Å²) in [5.74, 6) is 2.25. The summed E-state index contributed by atoms with van der Waals surface area (Å²) < 4.78 is 12.9. The highest BCUT2D eigenvalue weighted by atomic mass is 35.5. The maximum atomic E-state index is 12.7. The molecule has 4 aromatic rings. The molecule has 0 saturated carbocycles. The first-order valence-electron chi connectivity index (χ1n) is 9.82. The second-order valence-electron chi connectivity index (χ2n) is 6.75. The number of benzene rings is 3. The van der Waals surface area contributed by atoms with Crippen molar-refractivity contribution in [1.82, 2.24) is 14.8 Å². The predicted molar refractivity (Wildman–Crippen MR) is 125 cm³/mol. The molecule has 1 aromatic heterocycles. The first kappa shape index (κ1) is 21.9. The number of aromatic nitrogens is 3. The minimum atomic E-state index is -0.000714. The zero-order valence-electron chi connectivity index (χ0n) is 17.3. The average molecular weight is 466 g/mol. The number of methoxy groups -OCH3 is 1. The van der Waals surface area contributed by atoms with E-state index in [4.69, 9.17) is 21.1 Å². The molecule has 0 fully saturated rings. The van der Waals surface area contributed by atoms with Crippen LogP contribution in [-0.4, -0.2) is 33.4 Å². The number of para-hydroxylation sites is 1. The van der Waals surface area contributed by atoms with Crippen molar-refractivity contribution in [2.45, 2.75) is 11.8 Å². The Morgan fingerprint density at radius 3 is 2.31 bits per heavy atom. The SMILES string of the molecule is COc1ccc(C(=O)CSc2nnc(COc3ccc(Cl)cc3)n2-c2ccccc2)cc1. The summed E-state index contributed by atoms with van der Waals surface area (Å²) in [6, 6.07) is 24.0. The minimum absolute atomic E-state index is 0.000714. The Hall–Kier alpha value is -3.29. The lowest BCUT2D eigenvalue weighted by Gasteiger charge is -2.11. The van der Waals surface area contributed by atoms with Crippen LogP contribution in [0, 0.1) is 0 Å². The Morgan fingerprint density at radius 1 is 0.938 bits per heavy atom. The Morgan fingerprint density at radius 2 is 1.62 bits per heavy atom. The number of ketones is 1. The number of hydrogen-bond acceptors (Lipinski definition) is 6. The van der Waals surface area contributed by atoms with Crippen molar-refractivity contribution < 1.29 is 14.3 Å². The Balaban J connectivity index is 1.52. The van der Waals surface area contributed by atoms with E-state index in [0.717, 1.165) is 5.69 Å². The molecule has 0 N–H and O–H groups in total. The van der Waals surface area contributed by atoms with E-state index in [1.807, 2.05) is 34.9 Å². The molecule has 8 heteroatoms. The van der Waals surface area contributed by atoms with Gasteiger partial charge in [0.1, 0.15) is 18.1 Å². The fourth-order valence-corrected chi connectivity index (χ4v) is 3.98. The van der Waals surface area contributed by atoms with Gasteiger partial charge in [-0.1, -0.05) is 41.6 Å². The van der Waals surface area contributed by atoms with E-state index in [0.29, 0.717) is 33.1 Å². The topological polar surface area (TPSA) is 66.2 Å². The van der Waals surface area contributed by atoms with Crippen LogP contribution in [0.2, 0.25) is 5.02 Å². The molecule has 1 heterocycles. The molecule has 0 amide bonds. The van der Waals surface area contributed by atoms with Crippen LogP contribution >= 0.6 is 23.4 Å². The lowest BCUT2D eigenvalue weighted by atomic mass is 10.1. The van der Waals surface area contributed by atoms with E-state index in [1.54, 1.807) is 55.6 Å². The largest absolute Gasteiger partial charge is 0.497 e. The third-order valence-electron chi connectivity index (χ3n) is 4.64. The number of Topliss-reactive ketones (excluding diaryl/α,β-unsaturated/α-hetero) is 1. The van der Waals surface area contributed by atoms with Gasteiger partial charge in [0.05, 0.1) is 12.9 Å². The third-order valence-corrected chi connectivity index (χ3v) is 5.82. The van der Waals surface area contributed by atoms with Crippen molar-refractivity contribution in [2.75, 3.05) is 12.9 Å². The number of carbonyl (C=O) groups is 1. The number of halogens is 1. The highest BCUT2D eigenvalue weighted by molar-refractivity contribution is 7.99. The molecule has 32 heavy (non-hydrogen) atoms. The van der Waals surface area contributed by atoms with Crippen LogP contribution in [-0.2, 0) is 6.61 Å². The van der Waals surface area contributed by atoms with Crippen molar-refractivity contribution in [3.05, 3.63) is 95.3 Å². The normalized spacial score (nSPS) is 10.7. The number of nitrogens with zero attached hydrogens (tertiary/aromatic N) is 3. The van der Waals surface area contributed by atoms with Crippen LogP contribution in [0.3, 0.4) is 0 Å². The third kappa shape index (κ3) is 5.30. The molecule has 4 rings (SSSR count). The maximum absolute atomic E-state index is 12.7. The zero-order chi connectivity index (χ0) is 22.3. The van der Waals surface area contributed by atoms with Crippen LogP contribution < -0.4 is 9.47 Å². The summed E-state index contributed by atoms with van der Waals surface area (Å²) >= 11 is 7.27. The molecule has 0 unspecified atom stereocenters. The molecule has 0 radical (unpaired) electrons. The standard InChI is InChI=1S/C24H20ClN3O3S/c1-30-20-11-7-17(8-12-20)22(29)16-32-24-27-26-23(28(24)19-5-3-2-4-6-19)15-31-21-13-9-18(25)10-14-21/h2-14H,15-16H2,1H3. The van der Waals surface area contributed by atoms with Crippen LogP contribution in [0.25, 0.3) is 5.69 Å². The van der Waals surface area contributed by atoms with Gasteiger partial charge in [-0.25, -0.2) is 0 Å². The number of rotatable bonds is 9. The average Bonchev–Trinajstić information content (AvgIpc) is 3.25. The zero-order valence-corrected chi connectivity index (χ0v) is 18.8. The molecule has 0 aliphatic heterocycles. The molecule has 0 spiro atoms.